The minimum atomic E-state index is 0. The number of piperidine rings is 1. The van der Waals surface area contributed by atoms with Gasteiger partial charge < -0.3 is 15.7 Å². The Morgan fingerprint density at radius 2 is 1.96 bits per heavy atom. The summed E-state index contributed by atoms with van der Waals surface area (Å²) in [5.74, 6) is 1.86. The van der Waals surface area contributed by atoms with Gasteiger partial charge >= 0.3 is 0 Å². The highest BCUT2D eigenvalue weighted by Crippen LogP contribution is 2.40. The third-order valence-corrected chi connectivity index (χ3v) is 6.66. The van der Waals surface area contributed by atoms with Crippen LogP contribution >= 0.6 is 24.8 Å². The number of aryl methyl sites for hydroxylation is 1. The molecule has 4 rings (SSSR count). The normalized spacial score (nSPS) is 24.0. The second kappa shape index (κ2) is 10.4. The summed E-state index contributed by atoms with van der Waals surface area (Å²) < 4.78 is 0. The zero-order valence-corrected chi connectivity index (χ0v) is 18.5. The van der Waals surface area contributed by atoms with Gasteiger partial charge in [0.1, 0.15) is 11.6 Å². The molecule has 0 radical (unpaired) electrons. The average molecular weight is 432 g/mol. The van der Waals surface area contributed by atoms with E-state index in [0.717, 1.165) is 70.0 Å². The van der Waals surface area contributed by atoms with Crippen molar-refractivity contribution in [1.82, 2.24) is 20.2 Å². The van der Waals surface area contributed by atoms with Crippen LogP contribution in [0.5, 0.6) is 0 Å². The van der Waals surface area contributed by atoms with E-state index in [1.54, 1.807) is 0 Å². The van der Waals surface area contributed by atoms with Gasteiger partial charge in [0.05, 0.1) is 12.3 Å². The summed E-state index contributed by atoms with van der Waals surface area (Å²) in [5.41, 5.74) is 2.59. The standard InChI is InChI=1S/C20H33N5O.2ClH/c1-15-23-18-6-11-25(16-4-2-9-21-12-16)10-5-17(18)19(24-15)22-13-20(14-26)7-3-8-20;;/h16,21,26H,2-14H2,1H3,(H,22,23,24);2*1H. The lowest BCUT2D eigenvalue weighted by molar-refractivity contribution is 0.0575. The molecule has 160 valence electrons. The second-order valence-electron chi connectivity index (χ2n) is 8.45. The Kier molecular flexibility index (Phi) is 8.77. The van der Waals surface area contributed by atoms with Gasteiger partial charge in [0.15, 0.2) is 0 Å². The fraction of sp³-hybridized carbons (Fsp3) is 0.800. The number of nitrogens with one attached hydrogen (secondary N) is 2. The third-order valence-electron chi connectivity index (χ3n) is 6.66. The van der Waals surface area contributed by atoms with E-state index in [0.29, 0.717) is 6.04 Å². The van der Waals surface area contributed by atoms with E-state index in [4.69, 9.17) is 9.97 Å². The molecule has 1 aromatic rings. The second-order valence-corrected chi connectivity index (χ2v) is 8.45. The van der Waals surface area contributed by atoms with E-state index in [1.807, 2.05) is 6.92 Å². The molecule has 0 aromatic carbocycles. The molecular weight excluding hydrogens is 397 g/mol. The predicted octanol–water partition coefficient (Wildman–Crippen LogP) is 2.36. The van der Waals surface area contributed by atoms with Crippen LogP contribution < -0.4 is 10.6 Å². The number of rotatable bonds is 5. The van der Waals surface area contributed by atoms with E-state index in [2.05, 4.69) is 15.5 Å². The van der Waals surface area contributed by atoms with Gasteiger partial charge in [-0.2, -0.15) is 0 Å². The largest absolute Gasteiger partial charge is 0.396 e. The molecule has 2 aliphatic heterocycles. The van der Waals surface area contributed by atoms with Crippen molar-refractivity contribution in [2.24, 2.45) is 5.41 Å². The van der Waals surface area contributed by atoms with Crippen LogP contribution in [-0.4, -0.2) is 65.3 Å². The molecule has 2 fully saturated rings. The van der Waals surface area contributed by atoms with Gasteiger partial charge in [-0.3, -0.25) is 4.90 Å². The Morgan fingerprint density at radius 3 is 2.61 bits per heavy atom. The maximum Gasteiger partial charge on any atom is 0.133 e. The summed E-state index contributed by atoms with van der Waals surface area (Å²) in [5, 5.41) is 16.9. The monoisotopic (exact) mass is 431 g/mol. The molecule has 6 nitrogen and oxygen atoms in total. The number of halogens is 2. The summed E-state index contributed by atoms with van der Waals surface area (Å²) in [7, 11) is 0. The van der Waals surface area contributed by atoms with Crippen LogP contribution in [0.4, 0.5) is 5.82 Å². The van der Waals surface area contributed by atoms with Gasteiger partial charge in [-0.1, -0.05) is 6.42 Å². The van der Waals surface area contributed by atoms with E-state index >= 15 is 0 Å². The van der Waals surface area contributed by atoms with Crippen LogP contribution in [0.15, 0.2) is 0 Å². The van der Waals surface area contributed by atoms with Crippen molar-refractivity contribution in [3.8, 4) is 0 Å². The van der Waals surface area contributed by atoms with Gasteiger partial charge in [0.2, 0.25) is 0 Å². The highest BCUT2D eigenvalue weighted by molar-refractivity contribution is 5.85. The lowest BCUT2D eigenvalue weighted by Gasteiger charge is -2.40. The SMILES string of the molecule is Cc1nc2c(c(NCC3(CO)CCC3)n1)CCN(C1CCCNC1)CC2.Cl.Cl. The lowest BCUT2D eigenvalue weighted by Crippen LogP contribution is -2.46. The fourth-order valence-corrected chi connectivity index (χ4v) is 4.74. The molecule has 28 heavy (non-hydrogen) atoms. The first-order chi connectivity index (χ1) is 12.7. The Labute approximate surface area is 181 Å². The molecule has 1 unspecified atom stereocenters. The quantitative estimate of drug-likeness (QED) is 0.664. The molecule has 1 saturated carbocycles. The lowest BCUT2D eigenvalue weighted by atomic mass is 9.69. The Hall–Kier alpha value is -0.660. The first kappa shape index (κ1) is 23.6. The topological polar surface area (TPSA) is 73.3 Å². The van der Waals surface area contributed by atoms with Gasteiger partial charge in [0.25, 0.3) is 0 Å². The molecule has 0 bridgehead atoms. The first-order valence-electron chi connectivity index (χ1n) is 10.3. The van der Waals surface area contributed by atoms with Crippen molar-refractivity contribution in [3.63, 3.8) is 0 Å². The van der Waals surface area contributed by atoms with Gasteiger partial charge in [-0.15, -0.1) is 24.8 Å². The number of aliphatic hydroxyl groups excluding tert-OH is 1. The molecule has 1 saturated heterocycles. The van der Waals surface area contributed by atoms with Crippen LogP contribution in [0.25, 0.3) is 0 Å². The first-order valence-corrected chi connectivity index (χ1v) is 10.3. The Bertz CT molecular complexity index is 630. The Balaban J connectivity index is 0.00000140. The third kappa shape index (κ3) is 5.08. The molecular formula is C20H35Cl2N5O. The van der Waals surface area contributed by atoms with E-state index in [1.165, 1.54) is 30.5 Å². The number of aliphatic hydroxyl groups is 1. The van der Waals surface area contributed by atoms with Gasteiger partial charge in [-0.05, 0) is 45.6 Å². The van der Waals surface area contributed by atoms with Crippen molar-refractivity contribution in [3.05, 3.63) is 17.1 Å². The highest BCUT2D eigenvalue weighted by Gasteiger charge is 2.36. The van der Waals surface area contributed by atoms with Crippen LogP contribution in [0.1, 0.15) is 49.2 Å². The number of nitrogens with zero attached hydrogens (tertiary/aromatic N) is 3. The minimum Gasteiger partial charge on any atom is -0.396 e. The van der Waals surface area contributed by atoms with Gasteiger partial charge in [-0.25, -0.2) is 9.97 Å². The highest BCUT2D eigenvalue weighted by atomic mass is 35.5. The molecule has 1 atom stereocenters. The Morgan fingerprint density at radius 1 is 1.18 bits per heavy atom. The number of anilines is 1. The molecule has 1 aliphatic carbocycles. The average Bonchev–Trinajstić information content (AvgIpc) is 2.84. The molecule has 1 aromatic heterocycles. The maximum absolute atomic E-state index is 9.75. The molecule has 3 N–H and O–H groups in total. The number of hydrogen-bond donors (Lipinski definition) is 3. The summed E-state index contributed by atoms with van der Waals surface area (Å²) in [6.07, 6.45) is 8.07. The minimum absolute atomic E-state index is 0. The zero-order valence-electron chi connectivity index (χ0n) is 16.9. The van der Waals surface area contributed by atoms with Crippen molar-refractivity contribution >= 4 is 30.6 Å². The summed E-state index contributed by atoms with van der Waals surface area (Å²) >= 11 is 0. The molecule has 3 heterocycles. The van der Waals surface area contributed by atoms with Crippen molar-refractivity contribution < 1.29 is 5.11 Å². The smallest absolute Gasteiger partial charge is 0.133 e. The number of hydrogen-bond acceptors (Lipinski definition) is 6. The molecule has 0 spiro atoms. The van der Waals surface area contributed by atoms with E-state index < -0.39 is 0 Å². The van der Waals surface area contributed by atoms with Crippen LogP contribution in [0.2, 0.25) is 0 Å². The molecule has 3 aliphatic rings. The van der Waals surface area contributed by atoms with Crippen LogP contribution in [0.3, 0.4) is 0 Å². The predicted molar refractivity (Wildman–Crippen MR) is 118 cm³/mol. The van der Waals surface area contributed by atoms with Gasteiger partial charge in [0, 0.05) is 49.6 Å². The molecule has 0 amide bonds. The molecule has 8 heteroatoms. The summed E-state index contributed by atoms with van der Waals surface area (Å²) in [6.45, 7) is 7.55. The summed E-state index contributed by atoms with van der Waals surface area (Å²) in [4.78, 5) is 12.1. The van der Waals surface area contributed by atoms with Crippen molar-refractivity contribution in [2.75, 3.05) is 44.6 Å². The van der Waals surface area contributed by atoms with Crippen LogP contribution in [0, 0.1) is 12.3 Å². The zero-order chi connectivity index (χ0) is 18.0. The number of fused-ring (bicyclic) bond motifs is 1. The van der Waals surface area contributed by atoms with E-state index in [-0.39, 0.29) is 36.8 Å². The fourth-order valence-electron chi connectivity index (χ4n) is 4.74. The van der Waals surface area contributed by atoms with E-state index in [9.17, 15) is 5.11 Å². The van der Waals surface area contributed by atoms with Crippen LogP contribution in [-0.2, 0) is 12.8 Å². The summed E-state index contributed by atoms with van der Waals surface area (Å²) in [6, 6.07) is 0.663. The van der Waals surface area contributed by atoms with Crippen molar-refractivity contribution in [1.29, 1.82) is 0 Å². The maximum atomic E-state index is 9.75. The van der Waals surface area contributed by atoms with Crippen molar-refractivity contribution in [2.45, 2.75) is 57.9 Å². The number of aromatic nitrogens is 2.